The minimum Gasteiger partial charge on any atom is -0.507 e. The minimum atomic E-state index is -1.21. The molecule has 0 aromatic heterocycles. The maximum Gasteiger partial charge on any atom is 0.258 e. The van der Waals surface area contributed by atoms with Crippen molar-refractivity contribution >= 4 is 28.9 Å². The zero-order valence-electron chi connectivity index (χ0n) is 21.2. The third-order valence-electron chi connectivity index (χ3n) is 6.07. The summed E-state index contributed by atoms with van der Waals surface area (Å²) in [5.41, 5.74) is 8.91. The number of hydrogen-bond donors (Lipinski definition) is 5. The number of benzene rings is 3. The zero-order chi connectivity index (χ0) is 27.8. The highest BCUT2D eigenvalue weighted by Gasteiger charge is 2.25. The van der Waals surface area contributed by atoms with Gasteiger partial charge in [0.25, 0.3) is 5.91 Å². The molecular weight excluding hydrogens is 510 g/mol. The van der Waals surface area contributed by atoms with Crippen LogP contribution in [0.25, 0.3) is 0 Å². The number of phenols is 1. The third kappa shape index (κ3) is 7.95. The van der Waals surface area contributed by atoms with Crippen LogP contribution < -0.4 is 16.4 Å². The van der Waals surface area contributed by atoms with Gasteiger partial charge in [0.2, 0.25) is 0 Å². The molecule has 0 heterocycles. The van der Waals surface area contributed by atoms with E-state index in [1.165, 1.54) is 17.0 Å². The number of phenolic OH excluding ortho intramolecular Hbond substituents is 1. The molecule has 1 amide bonds. The number of carbonyl (C=O) groups is 1. The van der Waals surface area contributed by atoms with Crippen LogP contribution >= 0.6 is 12.2 Å². The van der Waals surface area contributed by atoms with E-state index in [4.69, 9.17) is 18.0 Å². The molecule has 0 radical (unpaired) electrons. The molecule has 0 bridgehead atoms. The normalized spacial score (nSPS) is 12.5. The molecule has 0 saturated heterocycles. The van der Waals surface area contributed by atoms with Crippen molar-refractivity contribution in [3.05, 3.63) is 94.6 Å². The second kappa shape index (κ2) is 13.3. The molecule has 0 aliphatic heterocycles. The Kier molecular flexibility index (Phi) is 10.1. The van der Waals surface area contributed by atoms with Gasteiger partial charge in [-0.15, -0.1) is 0 Å². The quantitative estimate of drug-likeness (QED) is 0.248. The van der Waals surface area contributed by atoms with E-state index in [0.717, 1.165) is 35.7 Å². The Morgan fingerprint density at radius 2 is 1.74 bits per heavy atom. The molecule has 3 aromatic carbocycles. The lowest BCUT2D eigenvalue weighted by atomic mass is 10.0. The first kappa shape index (κ1) is 29.0. The van der Waals surface area contributed by atoms with Gasteiger partial charge in [0.15, 0.2) is 5.11 Å². The van der Waals surface area contributed by atoms with Gasteiger partial charge in [-0.05, 0) is 66.0 Å². The predicted molar refractivity (Wildman–Crippen MR) is 148 cm³/mol. The summed E-state index contributed by atoms with van der Waals surface area (Å²) in [6, 6.07) is 14.3. The van der Waals surface area contributed by atoms with Crippen LogP contribution in [-0.4, -0.2) is 51.9 Å². The smallest absolute Gasteiger partial charge is 0.258 e. The van der Waals surface area contributed by atoms with Crippen molar-refractivity contribution in [1.29, 1.82) is 0 Å². The Bertz CT molecular complexity index is 1270. The first-order chi connectivity index (χ1) is 18.1. The number of hydrogen-bond acceptors (Lipinski definition) is 5. The molecular formula is C28H32F2N4O3S. The molecule has 0 aliphatic carbocycles. The maximum atomic E-state index is 13.6. The second-order valence-corrected chi connectivity index (χ2v) is 9.42. The Labute approximate surface area is 226 Å². The topological polar surface area (TPSA) is 111 Å². The van der Waals surface area contributed by atoms with Crippen molar-refractivity contribution in [2.24, 2.45) is 5.73 Å². The number of nitrogens with zero attached hydrogens (tertiary/aromatic N) is 1. The Balaban J connectivity index is 1.84. The lowest BCUT2D eigenvalue weighted by Gasteiger charge is -2.29. The van der Waals surface area contributed by atoms with Gasteiger partial charge in [-0.2, -0.15) is 0 Å². The van der Waals surface area contributed by atoms with Crippen molar-refractivity contribution in [3.63, 3.8) is 0 Å². The monoisotopic (exact) mass is 542 g/mol. The molecule has 6 N–H and O–H groups in total. The highest BCUT2D eigenvalue weighted by atomic mass is 32.1. The average Bonchev–Trinajstić information content (AvgIpc) is 2.87. The van der Waals surface area contributed by atoms with Crippen LogP contribution in [0.15, 0.2) is 60.7 Å². The van der Waals surface area contributed by atoms with Gasteiger partial charge in [0.1, 0.15) is 17.4 Å². The van der Waals surface area contributed by atoms with Crippen LogP contribution in [0.5, 0.6) is 5.75 Å². The summed E-state index contributed by atoms with van der Waals surface area (Å²) in [4.78, 5) is 15.0. The molecule has 0 saturated carbocycles. The number of aliphatic hydroxyl groups is 1. The van der Waals surface area contributed by atoms with E-state index in [9.17, 15) is 23.8 Å². The molecule has 3 aromatic rings. The second-order valence-electron chi connectivity index (χ2n) is 9.01. The number of nitrogens with two attached hydrogens (primary N) is 1. The highest BCUT2D eigenvalue weighted by molar-refractivity contribution is 7.80. The fraction of sp³-hybridized carbons (Fsp3) is 0.286. The van der Waals surface area contributed by atoms with Crippen molar-refractivity contribution in [2.45, 2.75) is 38.5 Å². The molecule has 202 valence electrons. The lowest BCUT2D eigenvalue weighted by Crippen LogP contribution is -2.46. The first-order valence-corrected chi connectivity index (χ1v) is 12.6. The van der Waals surface area contributed by atoms with Gasteiger partial charge >= 0.3 is 0 Å². The maximum absolute atomic E-state index is 13.6. The highest BCUT2D eigenvalue weighted by Crippen LogP contribution is 2.25. The number of aliphatic hydroxyl groups excluding tert-OH is 1. The number of halogens is 2. The summed E-state index contributed by atoms with van der Waals surface area (Å²) in [7, 11) is 1.65. The summed E-state index contributed by atoms with van der Waals surface area (Å²) in [6.07, 6.45) is -0.403. The standard InChI is InChI=1S/C28H32F2N4O3S/c1-3-17-5-4-6-18(9-17)15-34(16-26(36)24(31)12-19-10-20(29)13-21(30)11-19)27(37)23-8-7-22(14-25(23)35)33-28(38)32-2/h4-11,13-14,24,26,35-36H,3,12,15-16,31H2,1-2H3,(H2,32,33,38). The van der Waals surface area contributed by atoms with Crippen LogP contribution in [0.3, 0.4) is 0 Å². The number of amides is 1. The van der Waals surface area contributed by atoms with Crippen molar-refractivity contribution in [1.82, 2.24) is 10.2 Å². The average molecular weight is 543 g/mol. The van der Waals surface area contributed by atoms with Gasteiger partial charge in [0.05, 0.1) is 11.7 Å². The molecule has 0 aliphatic rings. The summed E-state index contributed by atoms with van der Waals surface area (Å²) in [6.45, 7) is 2.00. The number of anilines is 1. The largest absolute Gasteiger partial charge is 0.507 e. The van der Waals surface area contributed by atoms with Crippen LogP contribution in [0, 0.1) is 11.6 Å². The fourth-order valence-electron chi connectivity index (χ4n) is 4.04. The molecule has 38 heavy (non-hydrogen) atoms. The van der Waals surface area contributed by atoms with Gasteiger partial charge in [-0.1, -0.05) is 31.2 Å². The fourth-order valence-corrected chi connectivity index (χ4v) is 4.16. The molecule has 7 nitrogen and oxygen atoms in total. The third-order valence-corrected chi connectivity index (χ3v) is 6.37. The van der Waals surface area contributed by atoms with E-state index < -0.39 is 29.7 Å². The lowest BCUT2D eigenvalue weighted by molar-refractivity contribution is 0.0552. The van der Waals surface area contributed by atoms with Crippen molar-refractivity contribution in [2.75, 3.05) is 18.9 Å². The van der Waals surface area contributed by atoms with Crippen LogP contribution in [-0.2, 0) is 19.4 Å². The Hall–Kier alpha value is -3.60. The zero-order valence-corrected chi connectivity index (χ0v) is 22.1. The Morgan fingerprint density at radius 3 is 2.37 bits per heavy atom. The van der Waals surface area contributed by atoms with Gasteiger partial charge in [0, 0.05) is 44.0 Å². The van der Waals surface area contributed by atoms with E-state index in [0.29, 0.717) is 16.4 Å². The molecule has 2 unspecified atom stereocenters. The minimum absolute atomic E-state index is 0.000186. The number of rotatable bonds is 10. The number of aromatic hydroxyl groups is 1. The van der Waals surface area contributed by atoms with Crippen molar-refractivity contribution < 1.29 is 23.8 Å². The Morgan fingerprint density at radius 1 is 1.05 bits per heavy atom. The van der Waals surface area contributed by atoms with E-state index in [1.807, 2.05) is 31.2 Å². The van der Waals surface area contributed by atoms with E-state index in [1.54, 1.807) is 13.1 Å². The first-order valence-electron chi connectivity index (χ1n) is 12.2. The number of aryl methyl sites for hydroxylation is 1. The van der Waals surface area contributed by atoms with E-state index in [-0.39, 0.29) is 30.8 Å². The predicted octanol–water partition coefficient (Wildman–Crippen LogP) is 3.72. The molecule has 10 heteroatoms. The molecule has 3 rings (SSSR count). The number of nitrogens with one attached hydrogen (secondary N) is 2. The number of carbonyl (C=O) groups excluding carboxylic acids is 1. The summed E-state index contributed by atoms with van der Waals surface area (Å²) in [5.74, 6) is -2.26. The van der Waals surface area contributed by atoms with Gasteiger partial charge < -0.3 is 31.5 Å². The van der Waals surface area contributed by atoms with E-state index >= 15 is 0 Å². The number of thiocarbonyl (C=S) groups is 1. The summed E-state index contributed by atoms with van der Waals surface area (Å²) >= 11 is 5.07. The SMILES string of the molecule is CCc1cccc(CN(CC(O)C(N)Cc2cc(F)cc(F)c2)C(=O)c2ccc(NC(=S)NC)cc2O)c1. The summed E-state index contributed by atoms with van der Waals surface area (Å²) in [5, 5.41) is 27.5. The molecule has 2 atom stereocenters. The van der Waals surface area contributed by atoms with Crippen LogP contribution in [0.1, 0.15) is 34.0 Å². The summed E-state index contributed by atoms with van der Waals surface area (Å²) < 4.78 is 27.2. The van der Waals surface area contributed by atoms with Crippen LogP contribution in [0.4, 0.5) is 14.5 Å². The van der Waals surface area contributed by atoms with Crippen LogP contribution in [0.2, 0.25) is 0 Å². The van der Waals surface area contributed by atoms with Gasteiger partial charge in [-0.25, -0.2) is 8.78 Å². The molecule has 0 fully saturated rings. The van der Waals surface area contributed by atoms with Gasteiger partial charge in [-0.3, -0.25) is 4.79 Å². The van der Waals surface area contributed by atoms with Crippen molar-refractivity contribution in [3.8, 4) is 5.75 Å². The van der Waals surface area contributed by atoms with E-state index in [2.05, 4.69) is 10.6 Å². The molecule has 0 spiro atoms.